The molecule has 0 aromatic heterocycles. The Bertz CT molecular complexity index is 776. The summed E-state index contributed by atoms with van der Waals surface area (Å²) < 4.78 is 24.0. The minimum absolute atomic E-state index is 0.00731. The lowest BCUT2D eigenvalue weighted by Gasteiger charge is -2.17. The summed E-state index contributed by atoms with van der Waals surface area (Å²) in [4.78, 5) is 19.3. The fourth-order valence-corrected chi connectivity index (χ4v) is 4.82. The summed E-state index contributed by atoms with van der Waals surface area (Å²) in [6.07, 6.45) is 0.383. The van der Waals surface area contributed by atoms with Gasteiger partial charge in [-0.15, -0.1) is 0 Å². The first-order chi connectivity index (χ1) is 11.4. The van der Waals surface area contributed by atoms with Crippen LogP contribution in [0.4, 0.5) is 0 Å². The number of hydrogen-bond donors (Lipinski definition) is 1. The monoisotopic (exact) mass is 368 g/mol. The molecule has 130 valence electrons. The second kappa shape index (κ2) is 6.85. The number of sulfone groups is 1. The molecule has 3 rings (SSSR count). The number of benzene rings is 1. The van der Waals surface area contributed by atoms with Crippen LogP contribution in [0.3, 0.4) is 0 Å². The van der Waals surface area contributed by atoms with E-state index in [0.717, 1.165) is 18.1 Å². The van der Waals surface area contributed by atoms with E-state index in [-0.39, 0.29) is 27.8 Å². The number of Topliss-reactive ketones (excluding diaryl/α,β-unsaturated/α-hetero) is 1. The van der Waals surface area contributed by atoms with Crippen LogP contribution in [0, 0.1) is 0 Å². The third-order valence-electron chi connectivity index (χ3n) is 4.22. The van der Waals surface area contributed by atoms with Crippen molar-refractivity contribution in [1.82, 2.24) is 4.90 Å². The van der Waals surface area contributed by atoms with Crippen LogP contribution in [0.1, 0.15) is 23.7 Å². The molecule has 1 aromatic carbocycles. The van der Waals surface area contributed by atoms with Crippen LogP contribution in [0.2, 0.25) is 0 Å². The number of amidine groups is 1. The van der Waals surface area contributed by atoms with Crippen LogP contribution >= 0.6 is 11.8 Å². The average Bonchev–Trinajstić information content (AvgIpc) is 3.23. The molecule has 24 heavy (non-hydrogen) atoms. The molecule has 8 heteroatoms. The largest absolute Gasteiger partial charge is 0.391 e. The van der Waals surface area contributed by atoms with E-state index in [9.17, 15) is 18.3 Å². The fourth-order valence-electron chi connectivity index (χ4n) is 2.78. The van der Waals surface area contributed by atoms with Crippen molar-refractivity contribution in [3.63, 3.8) is 0 Å². The third kappa shape index (κ3) is 3.50. The molecule has 1 fully saturated rings. The summed E-state index contributed by atoms with van der Waals surface area (Å²) in [5.74, 6) is -0.0976. The first-order valence-electron chi connectivity index (χ1n) is 7.92. The molecule has 0 spiro atoms. The molecule has 0 aliphatic carbocycles. The van der Waals surface area contributed by atoms with Gasteiger partial charge in [-0.1, -0.05) is 30.8 Å². The maximum atomic E-state index is 12.7. The standard InChI is InChI=1S/C16H20N2O4S2/c1-2-24(21,22)13-5-3-4-11(8-13)15(20)14-9-17-16(23-14)18-7-6-12(19)10-18/h3-5,8,12,14,19H,2,6-7,9-10H2,1H3/t12-,14?/m0/s1. The minimum atomic E-state index is -3.33. The predicted octanol–water partition coefficient (Wildman–Crippen LogP) is 1.20. The van der Waals surface area contributed by atoms with E-state index in [1.165, 1.54) is 23.9 Å². The van der Waals surface area contributed by atoms with Crippen molar-refractivity contribution in [3.05, 3.63) is 29.8 Å². The number of thioether (sulfide) groups is 1. The van der Waals surface area contributed by atoms with Crippen LogP contribution in [-0.2, 0) is 9.84 Å². The van der Waals surface area contributed by atoms with Crippen molar-refractivity contribution in [3.8, 4) is 0 Å². The van der Waals surface area contributed by atoms with Gasteiger partial charge in [0.2, 0.25) is 0 Å². The molecule has 1 unspecified atom stereocenters. The lowest BCUT2D eigenvalue weighted by atomic mass is 10.1. The van der Waals surface area contributed by atoms with Gasteiger partial charge >= 0.3 is 0 Å². The average molecular weight is 368 g/mol. The summed E-state index contributed by atoms with van der Waals surface area (Å²) in [6.45, 7) is 3.27. The topological polar surface area (TPSA) is 87.0 Å². The molecule has 0 saturated carbocycles. The summed E-state index contributed by atoms with van der Waals surface area (Å²) >= 11 is 1.40. The summed E-state index contributed by atoms with van der Waals surface area (Å²) in [5.41, 5.74) is 0.403. The highest BCUT2D eigenvalue weighted by Crippen LogP contribution is 2.29. The van der Waals surface area contributed by atoms with Gasteiger partial charge in [0.15, 0.2) is 20.8 Å². The van der Waals surface area contributed by atoms with E-state index >= 15 is 0 Å². The number of β-amino-alcohol motifs (C(OH)–C–C–N with tert-alkyl or cyclic N) is 1. The highest BCUT2D eigenvalue weighted by atomic mass is 32.2. The number of carbonyl (C=O) groups is 1. The van der Waals surface area contributed by atoms with Gasteiger partial charge in [-0.05, 0) is 18.6 Å². The van der Waals surface area contributed by atoms with Crippen LogP contribution in [0.5, 0.6) is 0 Å². The van der Waals surface area contributed by atoms with Crippen LogP contribution in [0.15, 0.2) is 34.2 Å². The maximum Gasteiger partial charge on any atom is 0.178 e. The van der Waals surface area contributed by atoms with Gasteiger partial charge in [-0.25, -0.2) is 8.42 Å². The number of aliphatic hydroxyl groups excluding tert-OH is 1. The normalized spacial score (nSPS) is 24.2. The molecule has 1 N–H and O–H groups in total. The SMILES string of the molecule is CCS(=O)(=O)c1cccc(C(=O)C2CN=C(N3CC[C@H](O)C3)S2)c1. The highest BCUT2D eigenvalue weighted by Gasteiger charge is 2.33. The first kappa shape index (κ1) is 17.4. The van der Waals surface area contributed by atoms with Crippen molar-refractivity contribution in [2.24, 2.45) is 4.99 Å². The van der Waals surface area contributed by atoms with E-state index in [1.807, 2.05) is 4.90 Å². The molecule has 6 nitrogen and oxygen atoms in total. The molecule has 2 aliphatic rings. The summed E-state index contributed by atoms with van der Waals surface area (Å²) in [6, 6.07) is 6.23. The molecule has 1 saturated heterocycles. The fraction of sp³-hybridized carbons (Fsp3) is 0.500. The van der Waals surface area contributed by atoms with Gasteiger partial charge in [0.25, 0.3) is 0 Å². The Morgan fingerprint density at radius 3 is 2.92 bits per heavy atom. The van der Waals surface area contributed by atoms with Crippen LogP contribution < -0.4 is 0 Å². The van der Waals surface area contributed by atoms with Crippen LogP contribution in [-0.4, -0.2) is 66.1 Å². The molecule has 2 heterocycles. The van der Waals surface area contributed by atoms with Gasteiger partial charge in [0.1, 0.15) is 0 Å². The summed E-state index contributed by atoms with van der Waals surface area (Å²) in [7, 11) is -3.33. The van der Waals surface area contributed by atoms with Crippen molar-refractivity contribution >= 4 is 32.6 Å². The Morgan fingerprint density at radius 1 is 1.46 bits per heavy atom. The molecule has 1 aromatic rings. The quantitative estimate of drug-likeness (QED) is 0.804. The Kier molecular flexibility index (Phi) is 4.98. The number of carbonyl (C=O) groups excluding carboxylic acids is 1. The van der Waals surface area contributed by atoms with Crippen molar-refractivity contribution in [2.45, 2.75) is 29.6 Å². The minimum Gasteiger partial charge on any atom is -0.391 e. The van der Waals surface area contributed by atoms with Gasteiger partial charge in [0.05, 0.1) is 28.5 Å². The van der Waals surface area contributed by atoms with Gasteiger partial charge in [-0.2, -0.15) is 0 Å². The second-order valence-corrected chi connectivity index (χ2v) is 9.36. The van der Waals surface area contributed by atoms with E-state index in [1.54, 1.807) is 19.1 Å². The van der Waals surface area contributed by atoms with Gasteiger partial charge in [0, 0.05) is 18.7 Å². The van der Waals surface area contributed by atoms with Crippen molar-refractivity contribution < 1.29 is 18.3 Å². The second-order valence-electron chi connectivity index (χ2n) is 5.91. The van der Waals surface area contributed by atoms with E-state index < -0.39 is 9.84 Å². The highest BCUT2D eigenvalue weighted by molar-refractivity contribution is 8.15. The van der Waals surface area contributed by atoms with E-state index in [4.69, 9.17) is 0 Å². The zero-order valence-corrected chi connectivity index (χ0v) is 15.0. The van der Waals surface area contributed by atoms with Crippen molar-refractivity contribution in [1.29, 1.82) is 0 Å². The number of aliphatic imine (C=N–C) groups is 1. The number of likely N-dealkylation sites (tertiary alicyclic amines) is 1. The van der Waals surface area contributed by atoms with Gasteiger partial charge < -0.3 is 10.0 Å². The molecule has 2 atom stereocenters. The molecular formula is C16H20N2O4S2. The lowest BCUT2D eigenvalue weighted by molar-refractivity contribution is 0.0992. The molecule has 2 aliphatic heterocycles. The Morgan fingerprint density at radius 2 is 2.25 bits per heavy atom. The lowest BCUT2D eigenvalue weighted by Crippen LogP contribution is -2.27. The van der Waals surface area contributed by atoms with E-state index in [0.29, 0.717) is 18.7 Å². The molecule has 0 radical (unpaired) electrons. The summed E-state index contributed by atoms with van der Waals surface area (Å²) in [5, 5.41) is 10.1. The zero-order chi connectivity index (χ0) is 17.3. The zero-order valence-electron chi connectivity index (χ0n) is 13.4. The maximum absolute atomic E-state index is 12.7. The Labute approximate surface area is 145 Å². The van der Waals surface area contributed by atoms with E-state index in [2.05, 4.69) is 4.99 Å². The predicted molar refractivity (Wildman–Crippen MR) is 94.4 cm³/mol. The molecule has 0 bridgehead atoms. The smallest absolute Gasteiger partial charge is 0.178 e. The number of aliphatic hydroxyl groups is 1. The Hall–Kier alpha value is -1.38. The number of hydrogen-bond acceptors (Lipinski definition) is 7. The Balaban J connectivity index is 1.71. The molecular weight excluding hydrogens is 348 g/mol. The third-order valence-corrected chi connectivity index (χ3v) is 7.20. The number of nitrogens with zero attached hydrogens (tertiary/aromatic N) is 2. The van der Waals surface area contributed by atoms with Gasteiger partial charge in [-0.3, -0.25) is 9.79 Å². The van der Waals surface area contributed by atoms with Crippen LogP contribution in [0.25, 0.3) is 0 Å². The first-order valence-corrected chi connectivity index (χ1v) is 10.4. The number of ketones is 1. The van der Waals surface area contributed by atoms with Crippen molar-refractivity contribution in [2.75, 3.05) is 25.4 Å². The molecule has 0 amide bonds. The number of rotatable bonds is 4.